The molecule has 0 saturated carbocycles. The molecule has 0 radical (unpaired) electrons. The highest BCUT2D eigenvalue weighted by Gasteiger charge is 2.33. The number of carbonyl (C=O) groups is 2. The first-order valence-electron chi connectivity index (χ1n) is 12.4. The normalized spacial score (nSPS) is 13.1. The number of benzene rings is 2. The topological polar surface area (TPSA) is 67.4 Å². The van der Waals surface area contributed by atoms with E-state index in [0.29, 0.717) is 17.0 Å². The van der Waals surface area contributed by atoms with Gasteiger partial charge in [-0.05, 0) is 31.6 Å². The largest absolute Gasteiger partial charge is 0.461 e. The zero-order chi connectivity index (χ0) is 29.2. The fraction of sp³-hybridized carbons (Fsp3) is 0.290. The van der Waals surface area contributed by atoms with E-state index in [9.17, 15) is 22.8 Å². The predicted octanol–water partition coefficient (Wildman–Crippen LogP) is 7.30. The number of amides is 2. The van der Waals surface area contributed by atoms with Gasteiger partial charge < -0.3 is 15.4 Å². The molecule has 2 N–H and O–H groups in total. The van der Waals surface area contributed by atoms with E-state index in [1.165, 1.54) is 25.1 Å². The molecule has 0 aliphatic heterocycles. The molecule has 0 spiro atoms. The third-order valence-corrected chi connectivity index (χ3v) is 5.71. The summed E-state index contributed by atoms with van der Waals surface area (Å²) in [6, 6.07) is 14.2. The van der Waals surface area contributed by atoms with E-state index >= 15 is 0 Å². The third-order valence-electron chi connectivity index (χ3n) is 5.71. The summed E-state index contributed by atoms with van der Waals surface area (Å²) in [6.45, 7) is 12.4. The molecule has 8 heteroatoms. The van der Waals surface area contributed by atoms with Crippen molar-refractivity contribution in [3.63, 3.8) is 0 Å². The number of rotatable bonds is 10. The highest BCUT2D eigenvalue weighted by Crippen LogP contribution is 2.32. The first-order valence-corrected chi connectivity index (χ1v) is 12.4. The van der Waals surface area contributed by atoms with E-state index in [1.54, 1.807) is 58.1 Å². The minimum atomic E-state index is -4.54. The van der Waals surface area contributed by atoms with Crippen LogP contribution >= 0.6 is 0 Å². The van der Waals surface area contributed by atoms with E-state index in [2.05, 4.69) is 17.2 Å². The van der Waals surface area contributed by atoms with E-state index in [4.69, 9.17) is 4.74 Å². The molecule has 39 heavy (non-hydrogen) atoms. The van der Waals surface area contributed by atoms with Gasteiger partial charge in [-0.15, -0.1) is 0 Å². The molecule has 0 aliphatic rings. The summed E-state index contributed by atoms with van der Waals surface area (Å²) in [5.74, 6) is -0.164. The minimum absolute atomic E-state index is 0.0467. The van der Waals surface area contributed by atoms with Gasteiger partial charge in [0.05, 0.1) is 11.1 Å². The van der Waals surface area contributed by atoms with Crippen molar-refractivity contribution in [2.45, 2.75) is 53.8 Å². The fourth-order valence-electron chi connectivity index (χ4n) is 3.31. The molecule has 208 valence electrons. The average molecular weight is 541 g/mol. The summed E-state index contributed by atoms with van der Waals surface area (Å²) in [5, 5.41) is 5.40. The first kappa shape index (κ1) is 31.1. The molecule has 2 amide bonds. The van der Waals surface area contributed by atoms with Crippen molar-refractivity contribution in [3.8, 4) is 0 Å². The van der Waals surface area contributed by atoms with Crippen LogP contribution in [-0.2, 0) is 27.0 Å². The fourth-order valence-corrected chi connectivity index (χ4v) is 3.31. The van der Waals surface area contributed by atoms with Crippen LogP contribution in [0.15, 0.2) is 96.4 Å². The van der Waals surface area contributed by atoms with Crippen molar-refractivity contribution in [3.05, 3.63) is 113 Å². The lowest BCUT2D eigenvalue weighted by molar-refractivity contribution is -0.138. The van der Waals surface area contributed by atoms with Gasteiger partial charge in [0.1, 0.15) is 11.5 Å². The van der Waals surface area contributed by atoms with Crippen LogP contribution in [0.3, 0.4) is 0 Å². The number of hydrogen-bond donors (Lipinski definition) is 2. The van der Waals surface area contributed by atoms with E-state index < -0.39 is 23.1 Å². The third kappa shape index (κ3) is 9.63. The molecule has 0 aromatic heterocycles. The molecule has 2 aromatic carbocycles. The van der Waals surface area contributed by atoms with Gasteiger partial charge in [-0.25, -0.2) is 0 Å². The van der Waals surface area contributed by atoms with Crippen molar-refractivity contribution in [2.75, 3.05) is 0 Å². The highest BCUT2D eigenvalue weighted by molar-refractivity contribution is 5.93. The van der Waals surface area contributed by atoms with Crippen LogP contribution in [-0.4, -0.2) is 11.8 Å². The molecule has 0 unspecified atom stereocenters. The van der Waals surface area contributed by atoms with Crippen LogP contribution in [0.25, 0.3) is 5.76 Å². The monoisotopic (exact) mass is 540 g/mol. The summed E-state index contributed by atoms with van der Waals surface area (Å²) in [7, 11) is 0. The number of allylic oxidation sites excluding steroid dienone is 3. The second-order valence-electron chi connectivity index (χ2n) is 9.83. The molecule has 0 saturated heterocycles. The Bertz CT molecular complexity index is 1270. The quantitative estimate of drug-likeness (QED) is 0.189. The Morgan fingerprint density at radius 3 is 2.21 bits per heavy atom. The molecular formula is C31H35F3N2O3. The Hall–Kier alpha value is -4.07. The SMILES string of the molecule is C=C(O/C(C/C=C\C(=C/C)NC(=O)C(C)(C)C)=C(\C)C(=O)NCc1ccccc1C(F)(F)F)c1ccccc1. The Morgan fingerprint density at radius 1 is 1.00 bits per heavy atom. The van der Waals surface area contributed by atoms with Crippen molar-refractivity contribution in [2.24, 2.45) is 5.41 Å². The minimum Gasteiger partial charge on any atom is -0.461 e. The second kappa shape index (κ2) is 13.6. The van der Waals surface area contributed by atoms with E-state index in [-0.39, 0.29) is 35.8 Å². The van der Waals surface area contributed by atoms with Crippen LogP contribution < -0.4 is 10.6 Å². The maximum atomic E-state index is 13.4. The highest BCUT2D eigenvalue weighted by atomic mass is 19.4. The molecule has 0 aliphatic carbocycles. The second-order valence-corrected chi connectivity index (χ2v) is 9.83. The molecule has 0 heterocycles. The molecule has 0 atom stereocenters. The number of hydrogen-bond acceptors (Lipinski definition) is 3. The number of carbonyl (C=O) groups excluding carboxylic acids is 2. The Morgan fingerprint density at radius 2 is 1.62 bits per heavy atom. The van der Waals surface area contributed by atoms with E-state index in [0.717, 1.165) is 6.07 Å². The summed E-state index contributed by atoms with van der Waals surface area (Å²) < 4.78 is 46.0. The standard InChI is InChI=1S/C31H35F3N2O3/c1-7-25(36-29(38)30(4,5)6)17-13-19-27(39-22(3)23-14-9-8-10-15-23)21(2)28(37)35-20-24-16-11-12-18-26(24)31(32,33)34/h7-18H,3,19-20H2,1-2,4-6H3,(H,35,37)(H,36,38)/b17-13-,25-7+,27-21+. The molecule has 0 bridgehead atoms. The van der Waals surface area contributed by atoms with Gasteiger partial charge in [0.25, 0.3) is 5.91 Å². The summed E-state index contributed by atoms with van der Waals surface area (Å²) >= 11 is 0. The van der Waals surface area contributed by atoms with Crippen LogP contribution in [0.4, 0.5) is 13.2 Å². The lowest BCUT2D eigenvalue weighted by Gasteiger charge is -2.18. The lowest BCUT2D eigenvalue weighted by Crippen LogP contribution is -2.33. The molecule has 0 fully saturated rings. The zero-order valence-corrected chi connectivity index (χ0v) is 22.9. The van der Waals surface area contributed by atoms with Gasteiger partial charge in [-0.1, -0.05) is 88.0 Å². The summed E-state index contributed by atoms with van der Waals surface area (Å²) in [4.78, 5) is 25.3. The number of alkyl halides is 3. The first-order chi connectivity index (χ1) is 18.2. The van der Waals surface area contributed by atoms with E-state index in [1.807, 2.05) is 18.2 Å². The molecule has 5 nitrogen and oxygen atoms in total. The van der Waals surface area contributed by atoms with Gasteiger partial charge in [0, 0.05) is 29.6 Å². The molecule has 2 aromatic rings. The number of halogens is 3. The molecule has 2 rings (SSSR count). The van der Waals surface area contributed by atoms with Gasteiger partial charge in [0.15, 0.2) is 0 Å². The number of nitrogens with one attached hydrogen (secondary N) is 2. The van der Waals surface area contributed by atoms with Gasteiger partial charge in [0.2, 0.25) is 5.91 Å². The lowest BCUT2D eigenvalue weighted by atomic mass is 9.95. The van der Waals surface area contributed by atoms with Crippen molar-refractivity contribution < 1.29 is 27.5 Å². The van der Waals surface area contributed by atoms with Crippen LogP contribution in [0.5, 0.6) is 0 Å². The predicted molar refractivity (Wildman–Crippen MR) is 148 cm³/mol. The Kier molecular flexibility index (Phi) is 10.9. The van der Waals surface area contributed by atoms with Gasteiger partial charge >= 0.3 is 6.18 Å². The van der Waals surface area contributed by atoms with Gasteiger partial charge in [-0.3, -0.25) is 9.59 Å². The maximum Gasteiger partial charge on any atom is 0.416 e. The van der Waals surface area contributed by atoms with Crippen LogP contribution in [0, 0.1) is 5.41 Å². The van der Waals surface area contributed by atoms with Gasteiger partial charge in [-0.2, -0.15) is 13.2 Å². The summed E-state index contributed by atoms with van der Waals surface area (Å²) in [5.41, 5.74) is 0.0275. The van der Waals surface area contributed by atoms with Crippen molar-refractivity contribution in [1.82, 2.24) is 10.6 Å². The van der Waals surface area contributed by atoms with Crippen molar-refractivity contribution >= 4 is 17.6 Å². The Labute approximate surface area is 228 Å². The van der Waals surface area contributed by atoms with Crippen LogP contribution in [0.1, 0.15) is 57.7 Å². The average Bonchev–Trinajstić information content (AvgIpc) is 2.89. The number of ether oxygens (including phenoxy) is 1. The summed E-state index contributed by atoms with van der Waals surface area (Å²) in [6.07, 6.45) is 0.786. The molecular weight excluding hydrogens is 505 g/mol. The van der Waals surface area contributed by atoms with Crippen LogP contribution in [0.2, 0.25) is 0 Å². The zero-order valence-electron chi connectivity index (χ0n) is 22.9. The Balaban J connectivity index is 2.28. The maximum absolute atomic E-state index is 13.4. The smallest absolute Gasteiger partial charge is 0.416 e. The van der Waals surface area contributed by atoms with Crippen molar-refractivity contribution in [1.29, 1.82) is 0 Å².